The van der Waals surface area contributed by atoms with Gasteiger partial charge in [0.1, 0.15) is 3.70 Å². The number of thiophene rings is 1. The quantitative estimate of drug-likeness (QED) is 0.657. The number of halogens is 1. The summed E-state index contributed by atoms with van der Waals surface area (Å²) in [6.45, 7) is 1.00. The minimum atomic E-state index is -1.07. The molecule has 2 aromatic heterocycles. The Balaban J connectivity index is 1.73. The molecule has 0 radical (unpaired) electrons. The van der Waals surface area contributed by atoms with Crippen molar-refractivity contribution >= 4 is 50.2 Å². The van der Waals surface area contributed by atoms with E-state index in [1.54, 1.807) is 0 Å². The highest BCUT2D eigenvalue weighted by atomic mass is 127. The molecule has 0 bridgehead atoms. The average molecular weight is 414 g/mol. The van der Waals surface area contributed by atoms with E-state index in [0.29, 0.717) is 22.4 Å². The van der Waals surface area contributed by atoms with Crippen molar-refractivity contribution in [3.63, 3.8) is 0 Å². The smallest absolute Gasteiger partial charge is 0.432 e. The molecule has 0 fully saturated rings. The van der Waals surface area contributed by atoms with Crippen LogP contribution in [0.25, 0.3) is 10.2 Å². The van der Waals surface area contributed by atoms with Crippen LogP contribution in [-0.4, -0.2) is 21.0 Å². The maximum Gasteiger partial charge on any atom is 0.432 e. The molecule has 0 atom stereocenters. The summed E-state index contributed by atoms with van der Waals surface area (Å²) < 4.78 is 8.27. The largest absolute Gasteiger partial charge is 0.463 e. The van der Waals surface area contributed by atoms with Crippen LogP contribution in [0.2, 0.25) is 0 Å². The van der Waals surface area contributed by atoms with E-state index >= 15 is 0 Å². The number of fused-ring (bicyclic) bond motifs is 1. The van der Waals surface area contributed by atoms with Crippen LogP contribution in [0, 0.1) is 3.70 Å². The zero-order chi connectivity index (χ0) is 14.8. The van der Waals surface area contributed by atoms with E-state index in [0.717, 1.165) is 19.8 Å². The normalized spacial score (nSPS) is 11.1. The van der Waals surface area contributed by atoms with Gasteiger partial charge in [0.2, 0.25) is 0 Å². The van der Waals surface area contributed by atoms with Crippen LogP contribution < -0.4 is 0 Å². The number of carboxylic acid groups (broad SMARTS) is 1. The van der Waals surface area contributed by atoms with Crippen LogP contribution in [-0.2, 0) is 18.0 Å². The molecule has 0 aliphatic heterocycles. The van der Waals surface area contributed by atoms with Gasteiger partial charge in [-0.3, -0.25) is 0 Å². The van der Waals surface area contributed by atoms with Gasteiger partial charge >= 0.3 is 6.09 Å². The first kappa shape index (κ1) is 14.5. The Labute approximate surface area is 138 Å². The summed E-state index contributed by atoms with van der Waals surface area (Å²) in [5.74, 6) is 0. The summed E-state index contributed by atoms with van der Waals surface area (Å²) in [5, 5.41) is 13.1. The molecule has 7 heteroatoms. The molecule has 0 amide bonds. The van der Waals surface area contributed by atoms with E-state index in [9.17, 15) is 4.79 Å². The first-order valence-corrected chi connectivity index (χ1v) is 8.06. The van der Waals surface area contributed by atoms with Crippen LogP contribution in [0.3, 0.4) is 0 Å². The summed E-state index contributed by atoms with van der Waals surface area (Å²) in [6.07, 6.45) is -1.07. The van der Waals surface area contributed by atoms with Crippen molar-refractivity contribution in [2.75, 3.05) is 0 Å². The number of carbonyl (C=O) groups is 1. The molecular formula is C14H11IN2O3S. The Hall–Kier alpha value is -1.45. The van der Waals surface area contributed by atoms with Crippen LogP contribution in [0.5, 0.6) is 0 Å². The molecule has 0 saturated carbocycles. The van der Waals surface area contributed by atoms with Crippen molar-refractivity contribution in [3.8, 4) is 0 Å². The molecular weight excluding hydrogens is 403 g/mol. The molecule has 0 unspecified atom stereocenters. The minimum absolute atomic E-state index is 0.462. The fourth-order valence-electron chi connectivity index (χ4n) is 1.98. The molecule has 5 nitrogen and oxygen atoms in total. The van der Waals surface area contributed by atoms with Crippen molar-refractivity contribution < 1.29 is 14.6 Å². The molecule has 1 aromatic carbocycles. The molecule has 0 aliphatic rings. The number of nitrogens with zero attached hydrogens (tertiary/aromatic N) is 2. The fourth-order valence-corrected chi connectivity index (χ4v) is 3.76. The highest BCUT2D eigenvalue weighted by Crippen LogP contribution is 2.30. The fraction of sp³-hybridized carbons (Fsp3) is 0.143. The van der Waals surface area contributed by atoms with Gasteiger partial charge in [0.05, 0.1) is 23.4 Å². The number of ether oxygens (including phenoxy) is 1. The number of aromatic nitrogens is 2. The SMILES string of the molecule is O=C(O)n1nc(I)c2sc(COCc3ccccc3)cc21. The summed E-state index contributed by atoms with van der Waals surface area (Å²) in [5.41, 5.74) is 1.74. The topological polar surface area (TPSA) is 64.3 Å². The predicted octanol–water partition coefficient (Wildman–Crippen LogP) is 3.95. The van der Waals surface area contributed by atoms with E-state index < -0.39 is 6.09 Å². The number of hydrogen-bond acceptors (Lipinski definition) is 4. The maximum absolute atomic E-state index is 11.1. The molecule has 108 valence electrons. The summed E-state index contributed by atoms with van der Waals surface area (Å²) in [6, 6.07) is 11.8. The average Bonchev–Trinajstić information content (AvgIpc) is 3.01. The molecule has 0 spiro atoms. The summed E-state index contributed by atoms with van der Waals surface area (Å²) >= 11 is 3.57. The predicted molar refractivity (Wildman–Crippen MR) is 88.7 cm³/mol. The lowest BCUT2D eigenvalue weighted by Crippen LogP contribution is -2.09. The summed E-state index contributed by atoms with van der Waals surface area (Å²) in [7, 11) is 0. The van der Waals surface area contributed by atoms with E-state index in [1.807, 2.05) is 59.0 Å². The third-order valence-corrected chi connectivity index (χ3v) is 5.13. The molecule has 21 heavy (non-hydrogen) atoms. The van der Waals surface area contributed by atoms with Crippen molar-refractivity contribution in [2.24, 2.45) is 0 Å². The number of rotatable bonds is 4. The first-order chi connectivity index (χ1) is 10.1. The monoisotopic (exact) mass is 414 g/mol. The second-order valence-electron chi connectivity index (χ2n) is 4.39. The van der Waals surface area contributed by atoms with Gasteiger partial charge in [-0.25, -0.2) is 4.79 Å². The van der Waals surface area contributed by atoms with Crippen molar-refractivity contribution in [2.45, 2.75) is 13.2 Å². The van der Waals surface area contributed by atoms with Crippen molar-refractivity contribution in [3.05, 3.63) is 50.5 Å². The Kier molecular flexibility index (Phi) is 4.22. The Bertz CT molecular complexity index is 782. The van der Waals surface area contributed by atoms with Gasteiger partial charge in [0, 0.05) is 4.88 Å². The van der Waals surface area contributed by atoms with Gasteiger partial charge in [0.25, 0.3) is 0 Å². The van der Waals surface area contributed by atoms with E-state index in [-0.39, 0.29) is 0 Å². The highest BCUT2D eigenvalue weighted by molar-refractivity contribution is 14.1. The lowest BCUT2D eigenvalue weighted by molar-refractivity contribution is 0.109. The zero-order valence-electron chi connectivity index (χ0n) is 10.8. The molecule has 3 aromatic rings. The standard InChI is InChI=1S/C14H11IN2O3S/c15-13-12-11(17(16-13)14(18)19)6-10(21-12)8-20-7-9-4-2-1-3-5-9/h1-6H,7-8H2,(H,18,19). The minimum Gasteiger partial charge on any atom is -0.463 e. The van der Waals surface area contributed by atoms with Gasteiger partial charge in [-0.2, -0.15) is 9.78 Å². The van der Waals surface area contributed by atoms with Crippen LogP contribution >= 0.6 is 33.9 Å². The van der Waals surface area contributed by atoms with E-state index in [1.165, 1.54) is 11.3 Å². The van der Waals surface area contributed by atoms with Crippen LogP contribution in [0.1, 0.15) is 10.4 Å². The van der Waals surface area contributed by atoms with Gasteiger partial charge < -0.3 is 9.84 Å². The Morgan fingerprint density at radius 3 is 2.81 bits per heavy atom. The van der Waals surface area contributed by atoms with Gasteiger partial charge in [0.15, 0.2) is 0 Å². The third kappa shape index (κ3) is 3.09. The molecule has 0 aliphatic carbocycles. The molecule has 0 saturated heterocycles. The second kappa shape index (κ2) is 6.12. The van der Waals surface area contributed by atoms with E-state index in [2.05, 4.69) is 5.10 Å². The van der Waals surface area contributed by atoms with Crippen LogP contribution in [0.4, 0.5) is 4.79 Å². The van der Waals surface area contributed by atoms with Gasteiger partial charge in [-0.1, -0.05) is 30.3 Å². The number of benzene rings is 1. The lowest BCUT2D eigenvalue weighted by atomic mass is 10.2. The first-order valence-electron chi connectivity index (χ1n) is 6.17. The molecule has 2 heterocycles. The lowest BCUT2D eigenvalue weighted by Gasteiger charge is -2.02. The van der Waals surface area contributed by atoms with E-state index in [4.69, 9.17) is 9.84 Å². The maximum atomic E-state index is 11.1. The molecule has 3 rings (SSSR count). The van der Waals surface area contributed by atoms with Crippen molar-refractivity contribution in [1.82, 2.24) is 9.78 Å². The Morgan fingerprint density at radius 1 is 1.33 bits per heavy atom. The van der Waals surface area contributed by atoms with Crippen molar-refractivity contribution in [1.29, 1.82) is 0 Å². The second-order valence-corrected chi connectivity index (χ2v) is 6.55. The summed E-state index contributed by atoms with van der Waals surface area (Å²) in [4.78, 5) is 12.1. The third-order valence-electron chi connectivity index (χ3n) is 2.90. The zero-order valence-corrected chi connectivity index (χ0v) is 13.8. The highest BCUT2D eigenvalue weighted by Gasteiger charge is 2.16. The number of hydrogen-bond donors (Lipinski definition) is 1. The molecule has 1 N–H and O–H groups in total. The van der Waals surface area contributed by atoms with Crippen LogP contribution in [0.15, 0.2) is 36.4 Å². The van der Waals surface area contributed by atoms with Gasteiger partial charge in [-0.05, 0) is 34.2 Å². The van der Waals surface area contributed by atoms with Gasteiger partial charge in [-0.15, -0.1) is 11.3 Å². The Morgan fingerprint density at radius 2 is 2.10 bits per heavy atom.